The van der Waals surface area contributed by atoms with Crippen molar-refractivity contribution in [1.82, 2.24) is 14.6 Å². The van der Waals surface area contributed by atoms with Crippen LogP contribution in [0.5, 0.6) is 5.75 Å². The van der Waals surface area contributed by atoms with Gasteiger partial charge in [-0.3, -0.25) is 0 Å². The van der Waals surface area contributed by atoms with E-state index in [1.165, 1.54) is 12.9 Å². The third-order valence-electron chi connectivity index (χ3n) is 3.86. The van der Waals surface area contributed by atoms with E-state index in [4.69, 9.17) is 4.74 Å². The first kappa shape index (κ1) is 15.9. The number of aromatic amines is 1. The highest BCUT2D eigenvalue weighted by Crippen LogP contribution is 2.24. The fraction of sp³-hybridized carbons (Fsp3) is 0.235. The molecule has 0 saturated heterocycles. The van der Waals surface area contributed by atoms with Crippen molar-refractivity contribution in [2.24, 2.45) is 7.05 Å². The Morgan fingerprint density at radius 2 is 1.96 bits per heavy atom. The zero-order valence-corrected chi connectivity index (χ0v) is 15.4. The monoisotopic (exact) mass is 423 g/mol. The standard InChI is InChI=1S/C17H18IN3O2/c1-11-5-4-6-15(21-17(22)20(3)19-21)14(11)10-23-16-8-7-13(18)9-12(16)2/h4-9,19H,10H2,1-3H3. The minimum atomic E-state index is -0.0812. The first-order valence-corrected chi connectivity index (χ1v) is 8.37. The van der Waals surface area contributed by atoms with Gasteiger partial charge in [0, 0.05) is 16.2 Å². The zero-order valence-electron chi connectivity index (χ0n) is 13.3. The highest BCUT2D eigenvalue weighted by molar-refractivity contribution is 14.1. The SMILES string of the molecule is Cc1cc(I)ccc1OCc1c(C)cccc1-n1[nH]n(C)c1=O. The molecular formula is C17H18IN3O2. The molecule has 0 radical (unpaired) electrons. The largest absolute Gasteiger partial charge is 0.489 e. The van der Waals surface area contributed by atoms with E-state index >= 15 is 0 Å². The number of aromatic nitrogens is 3. The van der Waals surface area contributed by atoms with Crippen LogP contribution < -0.4 is 10.4 Å². The van der Waals surface area contributed by atoms with Gasteiger partial charge in [-0.15, -0.1) is 0 Å². The smallest absolute Gasteiger partial charge is 0.364 e. The number of rotatable bonds is 4. The molecule has 2 aromatic carbocycles. The van der Waals surface area contributed by atoms with E-state index in [0.29, 0.717) is 6.61 Å². The summed E-state index contributed by atoms with van der Waals surface area (Å²) < 4.78 is 10.2. The van der Waals surface area contributed by atoms with E-state index in [1.807, 2.05) is 44.2 Å². The van der Waals surface area contributed by atoms with Crippen LogP contribution in [0, 0.1) is 17.4 Å². The van der Waals surface area contributed by atoms with E-state index in [0.717, 1.165) is 28.1 Å². The summed E-state index contributed by atoms with van der Waals surface area (Å²) in [4.78, 5) is 11.9. The zero-order chi connectivity index (χ0) is 16.6. The first-order valence-electron chi connectivity index (χ1n) is 7.29. The number of ether oxygens (including phenoxy) is 1. The molecule has 0 saturated carbocycles. The summed E-state index contributed by atoms with van der Waals surface area (Å²) in [6.45, 7) is 4.47. The van der Waals surface area contributed by atoms with Gasteiger partial charge in [0.05, 0.1) is 5.69 Å². The minimum Gasteiger partial charge on any atom is -0.489 e. The van der Waals surface area contributed by atoms with Gasteiger partial charge in [-0.2, -0.15) is 4.68 Å². The lowest BCUT2D eigenvalue weighted by Gasteiger charge is -2.19. The van der Waals surface area contributed by atoms with Gasteiger partial charge in [-0.25, -0.2) is 14.7 Å². The maximum absolute atomic E-state index is 11.9. The summed E-state index contributed by atoms with van der Waals surface area (Å²) >= 11 is 2.29. The Morgan fingerprint density at radius 1 is 1.17 bits per heavy atom. The molecule has 120 valence electrons. The van der Waals surface area contributed by atoms with Gasteiger partial charge in [0.25, 0.3) is 0 Å². The Bertz CT molecular complexity index is 905. The van der Waals surface area contributed by atoms with Crippen molar-refractivity contribution >= 4 is 22.6 Å². The lowest BCUT2D eigenvalue weighted by atomic mass is 10.1. The molecule has 0 spiro atoms. The Balaban J connectivity index is 1.91. The molecule has 6 heteroatoms. The molecule has 1 heterocycles. The first-order chi connectivity index (χ1) is 11.0. The van der Waals surface area contributed by atoms with E-state index in [-0.39, 0.29) is 5.69 Å². The van der Waals surface area contributed by atoms with Crippen molar-refractivity contribution < 1.29 is 4.74 Å². The van der Waals surface area contributed by atoms with Crippen LogP contribution in [0.4, 0.5) is 0 Å². The van der Waals surface area contributed by atoms with Crippen molar-refractivity contribution in [3.8, 4) is 11.4 Å². The number of hydrogen-bond donors (Lipinski definition) is 1. The molecule has 0 bridgehead atoms. The Morgan fingerprint density at radius 3 is 2.61 bits per heavy atom. The molecule has 3 rings (SSSR count). The van der Waals surface area contributed by atoms with E-state index in [9.17, 15) is 4.79 Å². The summed E-state index contributed by atoms with van der Waals surface area (Å²) in [5.74, 6) is 0.861. The van der Waals surface area contributed by atoms with Crippen LogP contribution in [0.3, 0.4) is 0 Å². The quantitative estimate of drug-likeness (QED) is 0.655. The molecule has 0 aliphatic heterocycles. The average Bonchev–Trinajstić information content (AvgIpc) is 2.52. The van der Waals surface area contributed by atoms with Crippen molar-refractivity contribution in [2.75, 3.05) is 0 Å². The average molecular weight is 423 g/mol. The van der Waals surface area contributed by atoms with Crippen molar-refractivity contribution in [3.05, 3.63) is 67.1 Å². The lowest BCUT2D eigenvalue weighted by Crippen LogP contribution is -2.40. The molecular weight excluding hydrogens is 405 g/mol. The Kier molecular flexibility index (Phi) is 4.34. The van der Waals surface area contributed by atoms with E-state index in [1.54, 1.807) is 7.05 Å². The molecule has 0 atom stereocenters. The molecule has 0 aliphatic carbocycles. The fourth-order valence-electron chi connectivity index (χ4n) is 2.51. The highest BCUT2D eigenvalue weighted by atomic mass is 127. The number of H-pyrrole nitrogens is 1. The van der Waals surface area contributed by atoms with Crippen molar-refractivity contribution in [3.63, 3.8) is 0 Å². The molecule has 0 fully saturated rings. The van der Waals surface area contributed by atoms with Crippen LogP contribution in [-0.2, 0) is 13.7 Å². The second-order valence-corrected chi connectivity index (χ2v) is 6.79. The highest BCUT2D eigenvalue weighted by Gasteiger charge is 2.14. The van der Waals surface area contributed by atoms with Gasteiger partial charge in [0.1, 0.15) is 12.4 Å². The molecule has 0 amide bonds. The number of nitrogens with zero attached hydrogens (tertiary/aromatic N) is 2. The Hall–Kier alpha value is -1.96. The van der Waals surface area contributed by atoms with E-state index < -0.39 is 0 Å². The van der Waals surface area contributed by atoms with Gasteiger partial charge < -0.3 is 4.74 Å². The fourth-order valence-corrected chi connectivity index (χ4v) is 3.15. The summed E-state index contributed by atoms with van der Waals surface area (Å²) in [5.41, 5.74) is 3.94. The predicted octanol–water partition coefficient (Wildman–Crippen LogP) is 3.30. The number of aryl methyl sites for hydroxylation is 3. The van der Waals surface area contributed by atoms with Crippen LogP contribution in [-0.4, -0.2) is 14.6 Å². The third-order valence-corrected chi connectivity index (χ3v) is 4.53. The molecule has 3 aromatic rings. The van der Waals surface area contributed by atoms with Gasteiger partial charge in [-0.1, -0.05) is 12.1 Å². The number of hydrogen-bond acceptors (Lipinski definition) is 2. The van der Waals surface area contributed by atoms with Gasteiger partial charge >= 0.3 is 5.69 Å². The van der Waals surface area contributed by atoms with Gasteiger partial charge in [0.2, 0.25) is 0 Å². The van der Waals surface area contributed by atoms with Crippen LogP contribution in [0.15, 0.2) is 41.2 Å². The van der Waals surface area contributed by atoms with Crippen LogP contribution in [0.1, 0.15) is 16.7 Å². The summed E-state index contributed by atoms with van der Waals surface area (Å²) in [6.07, 6.45) is 0. The summed E-state index contributed by atoms with van der Waals surface area (Å²) in [6, 6.07) is 12.0. The predicted molar refractivity (Wildman–Crippen MR) is 98.3 cm³/mol. The topological polar surface area (TPSA) is 51.9 Å². The lowest BCUT2D eigenvalue weighted by molar-refractivity contribution is 0.301. The normalized spacial score (nSPS) is 11.0. The van der Waals surface area contributed by atoms with E-state index in [2.05, 4.69) is 33.9 Å². The number of nitrogens with one attached hydrogen (secondary N) is 1. The third kappa shape index (κ3) is 3.08. The number of benzene rings is 2. The molecule has 0 unspecified atom stereocenters. The summed E-state index contributed by atoms with van der Waals surface area (Å²) in [7, 11) is 1.69. The second-order valence-electron chi connectivity index (χ2n) is 5.55. The minimum absolute atomic E-state index is 0.0812. The maximum atomic E-state index is 11.9. The van der Waals surface area contributed by atoms with Crippen molar-refractivity contribution in [2.45, 2.75) is 20.5 Å². The molecule has 23 heavy (non-hydrogen) atoms. The van der Waals surface area contributed by atoms with Crippen LogP contribution >= 0.6 is 22.6 Å². The molecule has 1 aromatic heterocycles. The molecule has 5 nitrogen and oxygen atoms in total. The second kappa shape index (κ2) is 6.27. The molecule has 0 aliphatic rings. The van der Waals surface area contributed by atoms with Crippen LogP contribution in [0.25, 0.3) is 5.69 Å². The van der Waals surface area contributed by atoms with Crippen molar-refractivity contribution in [1.29, 1.82) is 0 Å². The number of halogens is 1. The summed E-state index contributed by atoms with van der Waals surface area (Å²) in [5, 5.41) is 2.95. The van der Waals surface area contributed by atoms with Crippen LogP contribution in [0.2, 0.25) is 0 Å². The molecule has 1 N–H and O–H groups in total. The van der Waals surface area contributed by atoms with Gasteiger partial charge in [-0.05, 0) is 71.8 Å². The van der Waals surface area contributed by atoms with Gasteiger partial charge in [0.15, 0.2) is 0 Å². The Labute approximate surface area is 148 Å². The maximum Gasteiger partial charge on any atom is 0.364 e.